The van der Waals surface area contributed by atoms with Crippen molar-refractivity contribution in [3.8, 4) is 5.75 Å². The van der Waals surface area contributed by atoms with Crippen LogP contribution in [0.15, 0.2) is 39.9 Å². The summed E-state index contributed by atoms with van der Waals surface area (Å²) in [6, 6.07) is 8.52. The molecule has 2 rings (SSSR count). The number of nitrogens with two attached hydrogens (primary N) is 1. The number of thiophene rings is 1. The van der Waals surface area contributed by atoms with Crippen LogP contribution in [-0.4, -0.2) is 22.5 Å². The standard InChI is InChI=1S/C14H16N2O3S2/c1-9(21(18)13-4-3-7-20-13)14(17)16-11-6-5-10(15)8-12(11)19-2/h3-9H,15H2,1-2H3,(H,16,17). The SMILES string of the molecule is COc1cc(N)ccc1NC(=O)C(C)S(=O)c1cccs1. The number of methoxy groups -OCH3 is 1. The highest BCUT2D eigenvalue weighted by molar-refractivity contribution is 7.88. The monoisotopic (exact) mass is 324 g/mol. The number of carbonyl (C=O) groups excluding carboxylic acids is 1. The van der Waals surface area contributed by atoms with E-state index < -0.39 is 16.0 Å². The third kappa shape index (κ3) is 3.62. The van der Waals surface area contributed by atoms with Crippen molar-refractivity contribution in [3.05, 3.63) is 35.7 Å². The Morgan fingerprint density at radius 3 is 2.81 bits per heavy atom. The van der Waals surface area contributed by atoms with Crippen LogP contribution < -0.4 is 15.8 Å². The van der Waals surface area contributed by atoms with E-state index >= 15 is 0 Å². The fourth-order valence-electron chi connectivity index (χ4n) is 1.69. The molecular formula is C14H16N2O3S2. The van der Waals surface area contributed by atoms with Gasteiger partial charge in [-0.15, -0.1) is 11.3 Å². The molecule has 3 N–H and O–H groups in total. The first-order valence-electron chi connectivity index (χ1n) is 6.21. The van der Waals surface area contributed by atoms with Gasteiger partial charge in [0.2, 0.25) is 5.91 Å². The molecule has 0 fully saturated rings. The number of hydrogen-bond acceptors (Lipinski definition) is 5. The first-order valence-corrected chi connectivity index (χ1v) is 8.30. The van der Waals surface area contributed by atoms with Gasteiger partial charge in [0, 0.05) is 11.8 Å². The summed E-state index contributed by atoms with van der Waals surface area (Å²) in [5.74, 6) is 0.141. The minimum atomic E-state index is -1.37. The van der Waals surface area contributed by atoms with Gasteiger partial charge in [-0.3, -0.25) is 9.00 Å². The highest BCUT2D eigenvalue weighted by Gasteiger charge is 2.23. The van der Waals surface area contributed by atoms with Gasteiger partial charge in [-0.1, -0.05) is 6.07 Å². The predicted molar refractivity (Wildman–Crippen MR) is 86.2 cm³/mol. The summed E-state index contributed by atoms with van der Waals surface area (Å²) in [4.78, 5) is 12.2. The van der Waals surface area contributed by atoms with Crippen LogP contribution in [0.25, 0.3) is 0 Å². The molecule has 2 atom stereocenters. The highest BCUT2D eigenvalue weighted by Crippen LogP contribution is 2.27. The van der Waals surface area contributed by atoms with Gasteiger partial charge in [-0.25, -0.2) is 0 Å². The lowest BCUT2D eigenvalue weighted by molar-refractivity contribution is -0.115. The van der Waals surface area contributed by atoms with Gasteiger partial charge in [-0.2, -0.15) is 0 Å². The van der Waals surface area contributed by atoms with Crippen molar-refractivity contribution in [2.45, 2.75) is 16.4 Å². The number of rotatable bonds is 5. The molecule has 0 saturated heterocycles. The quantitative estimate of drug-likeness (QED) is 0.828. The van der Waals surface area contributed by atoms with Crippen molar-refractivity contribution in [2.24, 2.45) is 0 Å². The van der Waals surface area contributed by atoms with Crippen LogP contribution in [0.3, 0.4) is 0 Å². The largest absolute Gasteiger partial charge is 0.494 e. The van der Waals surface area contributed by atoms with Crippen LogP contribution in [0, 0.1) is 0 Å². The fraction of sp³-hybridized carbons (Fsp3) is 0.214. The van der Waals surface area contributed by atoms with Crippen molar-refractivity contribution in [1.29, 1.82) is 0 Å². The molecule has 112 valence electrons. The lowest BCUT2D eigenvalue weighted by atomic mass is 10.2. The molecule has 0 aliphatic heterocycles. The molecule has 7 heteroatoms. The van der Waals surface area contributed by atoms with Gasteiger partial charge in [0.1, 0.15) is 11.0 Å². The highest BCUT2D eigenvalue weighted by atomic mass is 32.2. The second kappa shape index (κ2) is 6.73. The first kappa shape index (κ1) is 15.5. The fourth-order valence-corrected chi connectivity index (χ4v) is 3.94. The Morgan fingerprint density at radius 2 is 2.19 bits per heavy atom. The van der Waals surface area contributed by atoms with Gasteiger partial charge in [-0.05, 0) is 30.5 Å². The predicted octanol–water partition coefficient (Wildman–Crippen LogP) is 2.47. The maximum atomic E-state index is 12.3. The topological polar surface area (TPSA) is 81.4 Å². The van der Waals surface area contributed by atoms with Gasteiger partial charge in [0.05, 0.1) is 27.8 Å². The van der Waals surface area contributed by atoms with Gasteiger partial charge >= 0.3 is 0 Å². The average Bonchev–Trinajstić information content (AvgIpc) is 3.01. The molecule has 0 aliphatic rings. The minimum absolute atomic E-state index is 0.329. The Kier molecular flexibility index (Phi) is 4.98. The van der Waals surface area contributed by atoms with E-state index in [1.807, 2.05) is 11.4 Å². The molecule has 0 aliphatic carbocycles. The zero-order valence-electron chi connectivity index (χ0n) is 11.7. The smallest absolute Gasteiger partial charge is 0.240 e. The van der Waals surface area contributed by atoms with Gasteiger partial charge < -0.3 is 15.8 Å². The number of ether oxygens (including phenoxy) is 1. The van der Waals surface area contributed by atoms with Crippen LogP contribution in [0.2, 0.25) is 0 Å². The van der Waals surface area contributed by atoms with E-state index in [2.05, 4.69) is 5.32 Å². The second-order valence-corrected chi connectivity index (χ2v) is 7.27. The lowest BCUT2D eigenvalue weighted by Crippen LogP contribution is -2.29. The summed E-state index contributed by atoms with van der Waals surface area (Å²) in [5.41, 5.74) is 6.71. The molecule has 0 spiro atoms. The molecular weight excluding hydrogens is 308 g/mol. The summed E-state index contributed by atoms with van der Waals surface area (Å²) in [7, 11) is 0.125. The van der Waals surface area contributed by atoms with E-state index in [0.717, 1.165) is 0 Å². The molecule has 0 bridgehead atoms. The van der Waals surface area contributed by atoms with Crippen LogP contribution in [0.1, 0.15) is 6.92 Å². The van der Waals surface area contributed by atoms with E-state index in [1.54, 1.807) is 31.2 Å². The van der Waals surface area contributed by atoms with Crippen molar-refractivity contribution in [3.63, 3.8) is 0 Å². The van der Waals surface area contributed by atoms with Crippen molar-refractivity contribution in [1.82, 2.24) is 0 Å². The summed E-state index contributed by atoms with van der Waals surface area (Å²) < 4.78 is 18.1. The van der Waals surface area contributed by atoms with Crippen LogP contribution in [0.4, 0.5) is 11.4 Å². The third-order valence-electron chi connectivity index (χ3n) is 2.87. The summed E-state index contributed by atoms with van der Waals surface area (Å²) >= 11 is 1.37. The molecule has 1 aromatic heterocycles. The maximum Gasteiger partial charge on any atom is 0.240 e. The molecule has 2 unspecified atom stereocenters. The van der Waals surface area contributed by atoms with E-state index in [9.17, 15) is 9.00 Å². The number of anilines is 2. The molecule has 2 aromatic rings. The second-order valence-electron chi connectivity index (χ2n) is 4.32. The number of carbonyl (C=O) groups is 1. The molecule has 1 aromatic carbocycles. The number of nitrogen functional groups attached to an aromatic ring is 1. The minimum Gasteiger partial charge on any atom is -0.494 e. The van der Waals surface area contributed by atoms with E-state index in [0.29, 0.717) is 21.3 Å². The Morgan fingerprint density at radius 1 is 1.43 bits per heavy atom. The number of nitrogens with one attached hydrogen (secondary N) is 1. The molecule has 5 nitrogen and oxygen atoms in total. The third-order valence-corrected chi connectivity index (χ3v) is 5.70. The molecule has 0 saturated carbocycles. The number of benzene rings is 1. The van der Waals surface area contributed by atoms with Crippen LogP contribution in [-0.2, 0) is 15.6 Å². The zero-order valence-corrected chi connectivity index (χ0v) is 13.3. The van der Waals surface area contributed by atoms with Gasteiger partial charge in [0.15, 0.2) is 0 Å². The van der Waals surface area contributed by atoms with Crippen molar-refractivity contribution in [2.75, 3.05) is 18.2 Å². The average molecular weight is 324 g/mol. The maximum absolute atomic E-state index is 12.3. The van der Waals surface area contributed by atoms with E-state index in [-0.39, 0.29) is 5.91 Å². The zero-order chi connectivity index (χ0) is 15.4. The summed E-state index contributed by atoms with van der Waals surface area (Å²) in [6.45, 7) is 1.63. The summed E-state index contributed by atoms with van der Waals surface area (Å²) in [6.07, 6.45) is 0. The Bertz CT molecular complexity index is 656. The van der Waals surface area contributed by atoms with E-state index in [1.165, 1.54) is 18.4 Å². The Labute approximate surface area is 129 Å². The van der Waals surface area contributed by atoms with Crippen LogP contribution in [0.5, 0.6) is 5.75 Å². The Hall–Kier alpha value is -1.86. The molecule has 21 heavy (non-hydrogen) atoms. The first-order chi connectivity index (χ1) is 10.0. The van der Waals surface area contributed by atoms with E-state index in [4.69, 9.17) is 10.5 Å². The number of amides is 1. The number of hydrogen-bond donors (Lipinski definition) is 2. The molecule has 1 heterocycles. The van der Waals surface area contributed by atoms with Crippen molar-refractivity contribution >= 4 is 39.4 Å². The van der Waals surface area contributed by atoms with Crippen molar-refractivity contribution < 1.29 is 13.7 Å². The molecule has 0 radical (unpaired) electrons. The summed E-state index contributed by atoms with van der Waals surface area (Å²) in [5, 5.41) is 3.90. The van der Waals surface area contributed by atoms with Crippen LogP contribution >= 0.6 is 11.3 Å². The molecule has 1 amide bonds. The Balaban J connectivity index is 2.13. The lowest BCUT2D eigenvalue weighted by Gasteiger charge is -2.14. The van der Waals surface area contributed by atoms with Gasteiger partial charge in [0.25, 0.3) is 0 Å². The normalized spacial score (nSPS) is 13.4.